The van der Waals surface area contributed by atoms with Crippen molar-refractivity contribution in [3.8, 4) is 0 Å². The molecule has 0 aliphatic heterocycles. The maximum Gasteiger partial charge on any atom is 0.251 e. The number of hydrogen-bond acceptors (Lipinski definition) is 4. The van der Waals surface area contributed by atoms with Crippen LogP contribution in [0.1, 0.15) is 59.7 Å². The van der Waals surface area contributed by atoms with Gasteiger partial charge in [-0.1, -0.05) is 19.8 Å². The third-order valence-corrected chi connectivity index (χ3v) is 4.19. The third-order valence-electron chi connectivity index (χ3n) is 4.19. The van der Waals surface area contributed by atoms with Gasteiger partial charge in [-0.15, -0.1) is 0 Å². The average molecular weight is 347 g/mol. The first-order valence-electron chi connectivity index (χ1n) is 8.61. The van der Waals surface area contributed by atoms with Crippen LogP contribution in [0.15, 0.2) is 24.3 Å². The van der Waals surface area contributed by atoms with E-state index in [1.807, 2.05) is 6.92 Å². The minimum atomic E-state index is -1.29. The summed E-state index contributed by atoms with van der Waals surface area (Å²) in [5.74, 6) is -1.43. The first-order valence-corrected chi connectivity index (χ1v) is 8.61. The minimum Gasteiger partial charge on any atom is -0.381 e. The highest BCUT2D eigenvalue weighted by atomic mass is 16.3. The standard InChI is InChI=1S/C18H25N3O4/c1-2-3-4-14(15(22)18(25)20-13-9-10-13)21-17(24)12-7-5-11(6-8-12)16(19)23/h5-8,13-15,22H,2-4,9-10H2,1H3,(H2,19,23)(H,20,25)(H,21,24). The van der Waals surface area contributed by atoms with Crippen LogP contribution in [0.2, 0.25) is 0 Å². The predicted molar refractivity (Wildman–Crippen MR) is 92.9 cm³/mol. The fourth-order valence-corrected chi connectivity index (χ4v) is 2.47. The Balaban J connectivity index is 2.02. The van der Waals surface area contributed by atoms with Crippen molar-refractivity contribution in [1.29, 1.82) is 0 Å². The van der Waals surface area contributed by atoms with Crippen molar-refractivity contribution in [3.63, 3.8) is 0 Å². The number of benzene rings is 1. The van der Waals surface area contributed by atoms with Crippen LogP contribution in [-0.2, 0) is 4.79 Å². The number of carbonyl (C=O) groups is 3. The summed E-state index contributed by atoms with van der Waals surface area (Å²) in [6, 6.07) is 5.39. The molecule has 0 aromatic heterocycles. The van der Waals surface area contributed by atoms with Gasteiger partial charge in [0, 0.05) is 17.2 Å². The molecule has 1 aromatic rings. The number of aliphatic hydroxyl groups excluding tert-OH is 1. The minimum absolute atomic E-state index is 0.144. The Hall–Kier alpha value is -2.41. The Morgan fingerprint density at radius 2 is 1.80 bits per heavy atom. The monoisotopic (exact) mass is 347 g/mol. The molecule has 2 unspecified atom stereocenters. The van der Waals surface area contributed by atoms with Crippen molar-refractivity contribution in [2.24, 2.45) is 5.73 Å². The number of nitrogens with two attached hydrogens (primary N) is 1. The van der Waals surface area contributed by atoms with Crippen molar-refractivity contribution in [2.45, 2.75) is 57.2 Å². The van der Waals surface area contributed by atoms with E-state index >= 15 is 0 Å². The van der Waals surface area contributed by atoms with Crippen molar-refractivity contribution >= 4 is 17.7 Å². The predicted octanol–water partition coefficient (Wildman–Crippen LogP) is 0.714. The molecule has 25 heavy (non-hydrogen) atoms. The molecule has 7 heteroatoms. The van der Waals surface area contributed by atoms with Crippen LogP contribution in [0.4, 0.5) is 0 Å². The van der Waals surface area contributed by atoms with Gasteiger partial charge in [0.2, 0.25) is 5.91 Å². The van der Waals surface area contributed by atoms with Gasteiger partial charge in [0.15, 0.2) is 6.10 Å². The van der Waals surface area contributed by atoms with E-state index in [-0.39, 0.29) is 6.04 Å². The molecule has 1 aliphatic rings. The van der Waals surface area contributed by atoms with Gasteiger partial charge in [-0.3, -0.25) is 14.4 Å². The van der Waals surface area contributed by atoms with E-state index in [1.54, 1.807) is 0 Å². The lowest BCUT2D eigenvalue weighted by molar-refractivity contribution is -0.130. The topological polar surface area (TPSA) is 122 Å². The van der Waals surface area contributed by atoms with E-state index in [0.717, 1.165) is 25.7 Å². The van der Waals surface area contributed by atoms with Gasteiger partial charge in [-0.25, -0.2) is 0 Å². The maximum atomic E-state index is 12.4. The Labute approximate surface area is 147 Å². The molecule has 0 radical (unpaired) electrons. The van der Waals surface area contributed by atoms with Crippen LogP contribution in [0.25, 0.3) is 0 Å². The molecule has 2 atom stereocenters. The molecule has 5 N–H and O–H groups in total. The molecule has 7 nitrogen and oxygen atoms in total. The summed E-state index contributed by atoms with van der Waals surface area (Å²) < 4.78 is 0. The van der Waals surface area contributed by atoms with Gasteiger partial charge < -0.3 is 21.5 Å². The number of aliphatic hydroxyl groups is 1. The van der Waals surface area contributed by atoms with Crippen molar-refractivity contribution in [2.75, 3.05) is 0 Å². The molecule has 0 saturated heterocycles. The molecule has 1 aliphatic carbocycles. The second-order valence-electron chi connectivity index (χ2n) is 6.39. The summed E-state index contributed by atoms with van der Waals surface area (Å²) in [7, 11) is 0. The summed E-state index contributed by atoms with van der Waals surface area (Å²) >= 11 is 0. The van der Waals surface area contributed by atoms with Crippen LogP contribution in [-0.4, -0.2) is 41.0 Å². The zero-order chi connectivity index (χ0) is 18.4. The average Bonchev–Trinajstić information content (AvgIpc) is 3.41. The first-order chi connectivity index (χ1) is 11.9. The van der Waals surface area contributed by atoms with Crippen LogP contribution < -0.4 is 16.4 Å². The number of rotatable bonds is 9. The Kier molecular flexibility index (Phi) is 6.52. The molecule has 1 aromatic carbocycles. The second-order valence-corrected chi connectivity index (χ2v) is 6.39. The number of nitrogens with one attached hydrogen (secondary N) is 2. The first kappa shape index (κ1) is 18.9. The van der Waals surface area contributed by atoms with E-state index < -0.39 is 29.9 Å². The summed E-state index contributed by atoms with van der Waals surface area (Å²) in [6.45, 7) is 2.00. The van der Waals surface area contributed by atoms with Crippen LogP contribution in [0.3, 0.4) is 0 Å². The fourth-order valence-electron chi connectivity index (χ4n) is 2.47. The van der Waals surface area contributed by atoms with Crippen LogP contribution in [0, 0.1) is 0 Å². The molecular weight excluding hydrogens is 322 g/mol. The Morgan fingerprint density at radius 3 is 2.32 bits per heavy atom. The number of unbranched alkanes of at least 4 members (excludes halogenated alkanes) is 1. The van der Waals surface area contributed by atoms with Crippen molar-refractivity contribution in [3.05, 3.63) is 35.4 Å². The quantitative estimate of drug-likeness (QED) is 0.525. The summed E-state index contributed by atoms with van der Waals surface area (Å²) in [6.07, 6.45) is 2.73. The molecule has 1 saturated carbocycles. The van der Waals surface area contributed by atoms with Crippen LogP contribution in [0.5, 0.6) is 0 Å². The summed E-state index contributed by atoms with van der Waals surface area (Å²) in [4.78, 5) is 35.5. The summed E-state index contributed by atoms with van der Waals surface area (Å²) in [5, 5.41) is 15.8. The molecule has 0 heterocycles. The summed E-state index contributed by atoms with van der Waals surface area (Å²) in [5.41, 5.74) is 5.82. The highest BCUT2D eigenvalue weighted by Gasteiger charge is 2.31. The normalized spacial score (nSPS) is 15.9. The fraction of sp³-hybridized carbons (Fsp3) is 0.500. The third kappa shape index (κ3) is 5.56. The Bertz CT molecular complexity index is 626. The van der Waals surface area contributed by atoms with Gasteiger partial charge in [-0.05, 0) is 43.5 Å². The SMILES string of the molecule is CCCCC(NC(=O)c1ccc(C(N)=O)cc1)C(O)C(=O)NC1CC1. The van der Waals surface area contributed by atoms with Crippen molar-refractivity contribution in [1.82, 2.24) is 10.6 Å². The van der Waals surface area contributed by atoms with E-state index in [2.05, 4.69) is 10.6 Å². The molecule has 1 fully saturated rings. The largest absolute Gasteiger partial charge is 0.381 e. The smallest absolute Gasteiger partial charge is 0.251 e. The zero-order valence-electron chi connectivity index (χ0n) is 14.3. The lowest BCUT2D eigenvalue weighted by Gasteiger charge is -2.23. The maximum absolute atomic E-state index is 12.4. The van der Waals surface area contributed by atoms with Gasteiger partial charge in [0.1, 0.15) is 0 Å². The van der Waals surface area contributed by atoms with E-state index in [9.17, 15) is 19.5 Å². The molecular formula is C18H25N3O4. The number of amides is 3. The van der Waals surface area contributed by atoms with Gasteiger partial charge in [0.05, 0.1) is 6.04 Å². The number of carbonyl (C=O) groups excluding carboxylic acids is 3. The van der Waals surface area contributed by atoms with E-state index in [0.29, 0.717) is 17.5 Å². The molecule has 136 valence electrons. The number of hydrogen-bond donors (Lipinski definition) is 4. The van der Waals surface area contributed by atoms with Crippen molar-refractivity contribution < 1.29 is 19.5 Å². The Morgan fingerprint density at radius 1 is 1.20 bits per heavy atom. The second kappa shape index (κ2) is 8.62. The lowest BCUT2D eigenvalue weighted by Crippen LogP contribution is -2.51. The highest BCUT2D eigenvalue weighted by Crippen LogP contribution is 2.19. The number of primary amides is 1. The van der Waals surface area contributed by atoms with Gasteiger partial charge in [-0.2, -0.15) is 0 Å². The van der Waals surface area contributed by atoms with Crippen LogP contribution >= 0.6 is 0 Å². The highest BCUT2D eigenvalue weighted by molar-refractivity contribution is 5.97. The zero-order valence-corrected chi connectivity index (χ0v) is 14.3. The molecule has 0 bridgehead atoms. The molecule has 3 amide bonds. The van der Waals surface area contributed by atoms with E-state index in [4.69, 9.17) is 5.73 Å². The van der Waals surface area contributed by atoms with Gasteiger partial charge in [0.25, 0.3) is 11.8 Å². The molecule has 2 rings (SSSR count). The molecule has 0 spiro atoms. The lowest BCUT2D eigenvalue weighted by atomic mass is 10.0. The van der Waals surface area contributed by atoms with E-state index in [1.165, 1.54) is 24.3 Å². The van der Waals surface area contributed by atoms with Gasteiger partial charge >= 0.3 is 0 Å².